The zero-order valence-electron chi connectivity index (χ0n) is 13.4. The van der Waals surface area contributed by atoms with Crippen LogP contribution in [0.4, 0.5) is 5.69 Å². The van der Waals surface area contributed by atoms with Crippen LogP contribution in [0, 0.1) is 0 Å². The number of amides is 1. The van der Waals surface area contributed by atoms with Crippen molar-refractivity contribution in [2.45, 2.75) is 19.4 Å². The monoisotopic (exact) mass is 326 g/mol. The van der Waals surface area contributed by atoms with E-state index in [4.69, 9.17) is 5.73 Å². The van der Waals surface area contributed by atoms with Gasteiger partial charge >= 0.3 is 0 Å². The number of pyridine rings is 1. The number of hydrogen-bond acceptors (Lipinski definition) is 6. The maximum Gasteiger partial charge on any atom is 0.252 e. The van der Waals surface area contributed by atoms with Gasteiger partial charge < -0.3 is 16.2 Å². The molecule has 0 fully saturated rings. The molecule has 0 unspecified atom stereocenters. The fraction of sp³-hybridized carbons (Fsp3) is 0.250. The molecule has 0 aromatic carbocycles. The van der Waals surface area contributed by atoms with E-state index in [1.807, 2.05) is 6.07 Å². The molecule has 124 valence electrons. The van der Waals surface area contributed by atoms with Gasteiger partial charge in [0.1, 0.15) is 5.69 Å². The first-order valence-corrected chi connectivity index (χ1v) is 7.40. The summed E-state index contributed by atoms with van der Waals surface area (Å²) in [7, 11) is 0. The van der Waals surface area contributed by atoms with E-state index in [1.54, 1.807) is 42.9 Å². The highest BCUT2D eigenvalue weighted by atomic mass is 16.3. The molecule has 1 amide bonds. The standard InChI is InChI=1S/C16H18N6O2/c1-16(2,24)9-20-11-6-12(18-7-10(11)15(17)23)13-8-19-14-4-3-5-21-22(13)14/h3-8,24H,9H2,1-2H3,(H2,17,23)(H,18,20). The average Bonchev–Trinajstić information content (AvgIpc) is 2.96. The fourth-order valence-electron chi connectivity index (χ4n) is 2.25. The van der Waals surface area contributed by atoms with E-state index in [2.05, 4.69) is 20.4 Å². The van der Waals surface area contributed by atoms with Crippen LogP contribution < -0.4 is 11.1 Å². The highest BCUT2D eigenvalue weighted by molar-refractivity contribution is 5.98. The Morgan fingerprint density at radius 1 is 1.38 bits per heavy atom. The SMILES string of the molecule is CC(C)(O)CNc1cc(-c2cnc3cccnn23)ncc1C(N)=O. The van der Waals surface area contributed by atoms with Gasteiger partial charge in [-0.05, 0) is 32.0 Å². The number of imidazole rings is 1. The molecular formula is C16H18N6O2. The van der Waals surface area contributed by atoms with Crippen LogP contribution in [0.15, 0.2) is 36.8 Å². The van der Waals surface area contributed by atoms with Crippen LogP contribution in [0.5, 0.6) is 0 Å². The summed E-state index contributed by atoms with van der Waals surface area (Å²) in [5.74, 6) is -0.594. The summed E-state index contributed by atoms with van der Waals surface area (Å²) >= 11 is 0. The van der Waals surface area contributed by atoms with Crippen LogP contribution in [0.25, 0.3) is 17.0 Å². The van der Waals surface area contributed by atoms with Crippen LogP contribution in [0.1, 0.15) is 24.2 Å². The van der Waals surface area contributed by atoms with Gasteiger partial charge in [-0.25, -0.2) is 9.50 Å². The van der Waals surface area contributed by atoms with Gasteiger partial charge in [-0.15, -0.1) is 0 Å². The van der Waals surface area contributed by atoms with E-state index in [0.717, 1.165) is 0 Å². The van der Waals surface area contributed by atoms with E-state index in [0.29, 0.717) is 22.7 Å². The van der Waals surface area contributed by atoms with E-state index < -0.39 is 11.5 Å². The molecule has 0 aliphatic carbocycles. The molecule has 3 rings (SSSR count). The summed E-state index contributed by atoms with van der Waals surface area (Å²) in [5, 5.41) is 17.2. The molecule has 3 heterocycles. The van der Waals surface area contributed by atoms with Gasteiger partial charge in [0.25, 0.3) is 5.91 Å². The number of nitrogens with one attached hydrogen (secondary N) is 1. The Morgan fingerprint density at radius 3 is 2.88 bits per heavy atom. The third-order valence-electron chi connectivity index (χ3n) is 3.42. The normalized spacial score (nSPS) is 11.6. The quantitative estimate of drug-likeness (QED) is 0.645. The lowest BCUT2D eigenvalue weighted by molar-refractivity contribution is 0.0939. The maximum atomic E-state index is 11.6. The van der Waals surface area contributed by atoms with Gasteiger partial charge in [0.15, 0.2) is 5.65 Å². The van der Waals surface area contributed by atoms with Crippen molar-refractivity contribution in [2.75, 3.05) is 11.9 Å². The molecule has 3 aromatic rings. The van der Waals surface area contributed by atoms with Crippen molar-refractivity contribution in [3.8, 4) is 11.4 Å². The van der Waals surface area contributed by atoms with Crippen molar-refractivity contribution in [1.29, 1.82) is 0 Å². The van der Waals surface area contributed by atoms with E-state index in [9.17, 15) is 9.90 Å². The number of fused-ring (bicyclic) bond motifs is 1. The van der Waals surface area contributed by atoms with E-state index in [1.165, 1.54) is 6.20 Å². The van der Waals surface area contributed by atoms with Crippen LogP contribution in [0.3, 0.4) is 0 Å². The Morgan fingerprint density at radius 2 is 2.17 bits per heavy atom. The van der Waals surface area contributed by atoms with Crippen molar-refractivity contribution in [3.63, 3.8) is 0 Å². The van der Waals surface area contributed by atoms with E-state index >= 15 is 0 Å². The predicted octanol–water partition coefficient (Wildman–Crippen LogP) is 1.07. The molecule has 24 heavy (non-hydrogen) atoms. The van der Waals surface area contributed by atoms with Crippen LogP contribution in [-0.2, 0) is 0 Å². The van der Waals surface area contributed by atoms with Crippen molar-refractivity contribution in [1.82, 2.24) is 19.6 Å². The van der Waals surface area contributed by atoms with E-state index in [-0.39, 0.29) is 12.1 Å². The smallest absolute Gasteiger partial charge is 0.252 e. The van der Waals surface area contributed by atoms with Gasteiger partial charge in [0.2, 0.25) is 0 Å². The lowest BCUT2D eigenvalue weighted by Gasteiger charge is -2.20. The zero-order valence-corrected chi connectivity index (χ0v) is 13.4. The van der Waals surface area contributed by atoms with Gasteiger partial charge in [-0.1, -0.05) is 0 Å². The summed E-state index contributed by atoms with van der Waals surface area (Å²) in [6.45, 7) is 3.59. The third kappa shape index (κ3) is 3.18. The summed E-state index contributed by atoms with van der Waals surface area (Å²) in [6, 6.07) is 5.33. The first kappa shape index (κ1) is 15.9. The number of carbonyl (C=O) groups is 1. The number of aliphatic hydroxyl groups is 1. The molecule has 4 N–H and O–H groups in total. The lowest BCUT2D eigenvalue weighted by atomic mass is 10.1. The molecule has 0 saturated carbocycles. The van der Waals surface area contributed by atoms with Crippen LogP contribution in [0.2, 0.25) is 0 Å². The maximum absolute atomic E-state index is 11.6. The number of nitrogens with zero attached hydrogens (tertiary/aromatic N) is 4. The highest BCUT2D eigenvalue weighted by Gasteiger charge is 2.17. The Labute approximate surface area is 138 Å². The Kier molecular flexibility index (Phi) is 3.90. The Bertz CT molecular complexity index is 897. The minimum Gasteiger partial charge on any atom is -0.389 e. The predicted molar refractivity (Wildman–Crippen MR) is 89.5 cm³/mol. The van der Waals surface area contributed by atoms with Gasteiger partial charge in [0, 0.05) is 18.9 Å². The van der Waals surface area contributed by atoms with Crippen LogP contribution in [-0.4, -0.2) is 42.7 Å². The number of hydrogen-bond donors (Lipinski definition) is 3. The summed E-state index contributed by atoms with van der Waals surface area (Å²) in [4.78, 5) is 20.2. The molecule has 3 aromatic heterocycles. The first-order valence-electron chi connectivity index (χ1n) is 7.40. The molecule has 8 nitrogen and oxygen atoms in total. The third-order valence-corrected chi connectivity index (χ3v) is 3.42. The highest BCUT2D eigenvalue weighted by Crippen LogP contribution is 2.24. The molecule has 0 radical (unpaired) electrons. The van der Waals surface area contributed by atoms with Gasteiger partial charge in [-0.2, -0.15) is 5.10 Å². The van der Waals surface area contributed by atoms with Gasteiger partial charge in [0.05, 0.1) is 28.7 Å². The number of nitrogens with two attached hydrogens (primary N) is 1. The van der Waals surface area contributed by atoms with Crippen molar-refractivity contribution >= 4 is 17.2 Å². The molecule has 8 heteroatoms. The molecule has 0 atom stereocenters. The summed E-state index contributed by atoms with van der Waals surface area (Å²) in [5.41, 5.74) is 7.18. The molecular weight excluding hydrogens is 308 g/mol. The second kappa shape index (κ2) is 5.89. The zero-order chi connectivity index (χ0) is 17.3. The minimum absolute atomic E-state index is 0.252. The second-order valence-corrected chi connectivity index (χ2v) is 6.08. The largest absolute Gasteiger partial charge is 0.389 e. The fourth-order valence-corrected chi connectivity index (χ4v) is 2.25. The minimum atomic E-state index is -0.941. The molecule has 0 aliphatic heterocycles. The summed E-state index contributed by atoms with van der Waals surface area (Å²) < 4.78 is 1.66. The molecule has 0 bridgehead atoms. The van der Waals surface area contributed by atoms with Crippen molar-refractivity contribution in [3.05, 3.63) is 42.4 Å². The average molecular weight is 326 g/mol. The summed E-state index contributed by atoms with van der Waals surface area (Å²) in [6.07, 6.45) is 4.73. The van der Waals surface area contributed by atoms with Crippen LogP contribution >= 0.6 is 0 Å². The van der Waals surface area contributed by atoms with Gasteiger partial charge in [-0.3, -0.25) is 9.78 Å². The number of aromatic nitrogens is 4. The number of primary amides is 1. The Hall–Kier alpha value is -3.00. The lowest BCUT2D eigenvalue weighted by Crippen LogP contribution is -2.30. The second-order valence-electron chi connectivity index (χ2n) is 6.08. The molecule has 0 spiro atoms. The Balaban J connectivity index is 2.05. The van der Waals surface area contributed by atoms with Crippen molar-refractivity contribution in [2.24, 2.45) is 5.73 Å². The first-order chi connectivity index (χ1) is 11.3. The van der Waals surface area contributed by atoms with Crippen molar-refractivity contribution < 1.29 is 9.90 Å². The topological polar surface area (TPSA) is 118 Å². The number of anilines is 1. The number of carbonyl (C=O) groups excluding carboxylic acids is 1. The number of rotatable bonds is 5. The molecule has 0 saturated heterocycles. The molecule has 0 aliphatic rings.